The lowest BCUT2D eigenvalue weighted by atomic mass is 9.91. The van der Waals surface area contributed by atoms with Crippen LogP contribution in [-0.2, 0) is 9.47 Å². The van der Waals surface area contributed by atoms with E-state index in [9.17, 15) is 20.4 Å². The minimum absolute atomic E-state index is 0.249. The molecule has 0 bridgehead atoms. The van der Waals surface area contributed by atoms with Gasteiger partial charge in [0, 0.05) is 0 Å². The molecular formula is C26H50O6. The first-order chi connectivity index (χ1) is 15.1. The van der Waals surface area contributed by atoms with Gasteiger partial charge in [-0.25, -0.2) is 0 Å². The molecule has 0 aliphatic carbocycles. The fraction of sp³-hybridized carbons (Fsp3) is 0.923. The second-order valence-corrected chi connectivity index (χ2v) is 10.4. The minimum atomic E-state index is -1.40. The maximum absolute atomic E-state index is 10.00. The van der Waals surface area contributed by atoms with Crippen LogP contribution in [0, 0.1) is 17.8 Å². The average Bonchev–Trinajstić information content (AvgIpc) is 2.73. The van der Waals surface area contributed by atoms with Crippen molar-refractivity contribution in [2.45, 2.75) is 123 Å². The Kier molecular flexibility index (Phi) is 14.9. The summed E-state index contributed by atoms with van der Waals surface area (Å²) in [5, 5.41) is 38.8. The van der Waals surface area contributed by atoms with E-state index in [1.807, 2.05) is 6.08 Å². The smallest absolute Gasteiger partial charge is 0.187 e. The lowest BCUT2D eigenvalue weighted by molar-refractivity contribution is -0.298. The normalized spacial score (nSPS) is 28.8. The molecule has 7 atom stereocenters. The van der Waals surface area contributed by atoms with Crippen LogP contribution in [0.5, 0.6) is 0 Å². The molecule has 0 radical (unpaired) electrons. The van der Waals surface area contributed by atoms with Crippen molar-refractivity contribution in [2.75, 3.05) is 13.2 Å². The van der Waals surface area contributed by atoms with Crippen molar-refractivity contribution < 1.29 is 29.9 Å². The summed E-state index contributed by atoms with van der Waals surface area (Å²) in [6.45, 7) is 11.2. The van der Waals surface area contributed by atoms with Crippen LogP contribution in [0.3, 0.4) is 0 Å². The average molecular weight is 459 g/mol. The number of aliphatic hydroxyl groups excluding tert-OH is 4. The van der Waals surface area contributed by atoms with Gasteiger partial charge in [-0.2, -0.15) is 0 Å². The van der Waals surface area contributed by atoms with E-state index in [1.165, 1.54) is 50.5 Å². The fourth-order valence-corrected chi connectivity index (χ4v) is 4.30. The lowest BCUT2D eigenvalue weighted by Gasteiger charge is -2.39. The highest BCUT2D eigenvalue weighted by Gasteiger charge is 2.43. The topological polar surface area (TPSA) is 99.4 Å². The second kappa shape index (κ2) is 16.2. The van der Waals surface area contributed by atoms with Crippen LogP contribution in [0.2, 0.25) is 0 Å². The summed E-state index contributed by atoms with van der Waals surface area (Å²) >= 11 is 0. The molecule has 1 saturated heterocycles. The van der Waals surface area contributed by atoms with Crippen LogP contribution >= 0.6 is 0 Å². The van der Waals surface area contributed by atoms with Gasteiger partial charge in [-0.3, -0.25) is 0 Å². The molecule has 1 fully saturated rings. The van der Waals surface area contributed by atoms with Crippen LogP contribution < -0.4 is 0 Å². The summed E-state index contributed by atoms with van der Waals surface area (Å²) in [5.41, 5.74) is 1.22. The van der Waals surface area contributed by atoms with Crippen molar-refractivity contribution in [3.63, 3.8) is 0 Å². The van der Waals surface area contributed by atoms with E-state index in [1.54, 1.807) is 0 Å². The highest BCUT2D eigenvalue weighted by atomic mass is 16.7. The minimum Gasteiger partial charge on any atom is -0.394 e. The third-order valence-corrected chi connectivity index (χ3v) is 6.68. The fourth-order valence-electron chi connectivity index (χ4n) is 4.30. The maximum atomic E-state index is 10.00. The zero-order valence-electron chi connectivity index (χ0n) is 21.1. The molecule has 0 aromatic carbocycles. The molecule has 0 aromatic rings. The van der Waals surface area contributed by atoms with E-state index >= 15 is 0 Å². The van der Waals surface area contributed by atoms with Crippen LogP contribution in [0.25, 0.3) is 0 Å². The first-order valence-corrected chi connectivity index (χ1v) is 12.7. The molecule has 0 saturated carbocycles. The molecule has 0 spiro atoms. The molecular weight excluding hydrogens is 408 g/mol. The Labute approximate surface area is 196 Å². The van der Waals surface area contributed by atoms with Gasteiger partial charge in [0.15, 0.2) is 6.29 Å². The van der Waals surface area contributed by atoms with Gasteiger partial charge in [-0.15, -0.1) is 0 Å². The summed E-state index contributed by atoms with van der Waals surface area (Å²) < 4.78 is 10.9. The van der Waals surface area contributed by atoms with Crippen molar-refractivity contribution in [3.8, 4) is 0 Å². The maximum Gasteiger partial charge on any atom is 0.187 e. The van der Waals surface area contributed by atoms with E-state index in [0.29, 0.717) is 0 Å². The number of allylic oxidation sites excluding steroid dienone is 1. The molecule has 1 rings (SSSR count). The molecule has 190 valence electrons. The number of aliphatic hydroxyl groups is 4. The van der Waals surface area contributed by atoms with Gasteiger partial charge in [0.05, 0.1) is 13.2 Å². The van der Waals surface area contributed by atoms with Gasteiger partial charge in [0.1, 0.15) is 24.4 Å². The quantitative estimate of drug-likeness (QED) is 0.259. The van der Waals surface area contributed by atoms with E-state index < -0.39 is 37.3 Å². The lowest BCUT2D eigenvalue weighted by Crippen LogP contribution is -2.59. The summed E-state index contributed by atoms with van der Waals surface area (Å²) in [6, 6.07) is 0. The molecule has 1 heterocycles. The Morgan fingerprint density at radius 2 is 1.41 bits per heavy atom. The Bertz CT molecular complexity index is 507. The number of hydrogen-bond donors (Lipinski definition) is 4. The SMILES string of the molecule is CC(=CCOC1O[C@H](CO)[C@@H](O)[C@H](O)[C@@H]1O)CCCC(C)CCCC(C)CCCC(C)C. The Hall–Kier alpha value is -0.500. The number of hydrogen-bond acceptors (Lipinski definition) is 6. The zero-order chi connectivity index (χ0) is 24.1. The highest BCUT2D eigenvalue weighted by molar-refractivity contribution is 4.98. The van der Waals surface area contributed by atoms with Gasteiger partial charge in [0.2, 0.25) is 0 Å². The third kappa shape index (κ3) is 11.6. The van der Waals surface area contributed by atoms with Gasteiger partial charge in [-0.1, -0.05) is 84.3 Å². The predicted molar refractivity (Wildman–Crippen MR) is 128 cm³/mol. The van der Waals surface area contributed by atoms with Crippen molar-refractivity contribution in [1.29, 1.82) is 0 Å². The first kappa shape index (κ1) is 29.5. The molecule has 0 amide bonds. The molecule has 4 N–H and O–H groups in total. The van der Waals surface area contributed by atoms with E-state index in [2.05, 4.69) is 34.6 Å². The first-order valence-electron chi connectivity index (χ1n) is 12.7. The van der Waals surface area contributed by atoms with Gasteiger partial charge in [-0.05, 0) is 37.5 Å². The van der Waals surface area contributed by atoms with Gasteiger partial charge < -0.3 is 29.9 Å². The van der Waals surface area contributed by atoms with Crippen molar-refractivity contribution in [2.24, 2.45) is 17.8 Å². The molecule has 1 aliphatic heterocycles. The van der Waals surface area contributed by atoms with Crippen LogP contribution in [0.15, 0.2) is 11.6 Å². The number of ether oxygens (including phenoxy) is 2. The van der Waals surface area contributed by atoms with E-state index in [0.717, 1.165) is 30.6 Å². The van der Waals surface area contributed by atoms with Crippen molar-refractivity contribution in [1.82, 2.24) is 0 Å². The molecule has 3 unspecified atom stereocenters. The summed E-state index contributed by atoms with van der Waals surface area (Å²) in [4.78, 5) is 0. The predicted octanol–water partition coefficient (Wildman–Crippen LogP) is 4.19. The second-order valence-electron chi connectivity index (χ2n) is 10.4. The van der Waals surface area contributed by atoms with E-state index in [4.69, 9.17) is 9.47 Å². The third-order valence-electron chi connectivity index (χ3n) is 6.68. The monoisotopic (exact) mass is 458 g/mol. The molecule has 0 aromatic heterocycles. The molecule has 32 heavy (non-hydrogen) atoms. The molecule has 1 aliphatic rings. The van der Waals surface area contributed by atoms with Crippen LogP contribution in [0.1, 0.15) is 92.4 Å². The molecule has 6 heteroatoms. The highest BCUT2D eigenvalue weighted by Crippen LogP contribution is 2.23. The summed E-state index contributed by atoms with van der Waals surface area (Å²) in [6.07, 6.45) is 7.27. The van der Waals surface area contributed by atoms with Crippen LogP contribution in [-0.4, -0.2) is 64.3 Å². The Morgan fingerprint density at radius 3 is 1.97 bits per heavy atom. The Morgan fingerprint density at radius 1 is 0.844 bits per heavy atom. The van der Waals surface area contributed by atoms with Gasteiger partial charge >= 0.3 is 0 Å². The largest absolute Gasteiger partial charge is 0.394 e. The van der Waals surface area contributed by atoms with Crippen molar-refractivity contribution in [3.05, 3.63) is 11.6 Å². The van der Waals surface area contributed by atoms with E-state index in [-0.39, 0.29) is 6.61 Å². The van der Waals surface area contributed by atoms with Gasteiger partial charge in [0.25, 0.3) is 0 Å². The standard InChI is InChI=1S/C26H50O6/c1-18(2)9-6-10-19(3)11-7-12-20(4)13-8-14-21(5)15-16-31-26-25(30)24(29)23(28)22(17-27)32-26/h15,18-20,22-30H,6-14,16-17H2,1-5H3/t19?,20?,22-,23-,24+,25+,26?/m1/s1. The molecule has 6 nitrogen and oxygen atoms in total. The van der Waals surface area contributed by atoms with Crippen LogP contribution in [0.4, 0.5) is 0 Å². The number of rotatable bonds is 16. The summed E-state index contributed by atoms with van der Waals surface area (Å²) in [7, 11) is 0. The zero-order valence-corrected chi connectivity index (χ0v) is 21.1. The van der Waals surface area contributed by atoms with Crippen molar-refractivity contribution >= 4 is 0 Å². The Balaban J connectivity index is 2.17. The summed E-state index contributed by atoms with van der Waals surface area (Å²) in [5.74, 6) is 2.41.